The van der Waals surface area contributed by atoms with Gasteiger partial charge < -0.3 is 15.2 Å². The molecule has 35 heavy (non-hydrogen) atoms. The summed E-state index contributed by atoms with van der Waals surface area (Å²) in [5, 5.41) is 21.8. The Morgan fingerprint density at radius 2 is 1.91 bits per heavy atom. The van der Waals surface area contributed by atoms with Crippen molar-refractivity contribution in [3.8, 4) is 22.5 Å². The minimum absolute atomic E-state index is 0.216. The van der Waals surface area contributed by atoms with Gasteiger partial charge in [0.05, 0.1) is 36.3 Å². The van der Waals surface area contributed by atoms with Crippen LogP contribution in [-0.4, -0.2) is 60.9 Å². The number of carbonyl (C=O) groups is 1. The zero-order chi connectivity index (χ0) is 24.4. The van der Waals surface area contributed by atoms with Gasteiger partial charge in [-0.25, -0.2) is 4.98 Å². The van der Waals surface area contributed by atoms with E-state index in [1.54, 1.807) is 15.6 Å². The monoisotopic (exact) mass is 472 g/mol. The lowest BCUT2D eigenvalue weighted by Crippen LogP contribution is -2.48. The third kappa shape index (κ3) is 5.31. The van der Waals surface area contributed by atoms with Crippen LogP contribution >= 0.6 is 0 Å². The number of aliphatic hydroxyl groups excluding tert-OH is 1. The van der Waals surface area contributed by atoms with Gasteiger partial charge in [0.25, 0.3) is 5.91 Å². The van der Waals surface area contributed by atoms with E-state index in [2.05, 4.69) is 44.8 Å². The van der Waals surface area contributed by atoms with Gasteiger partial charge in [-0.15, -0.1) is 0 Å². The average molecular weight is 473 g/mol. The zero-order valence-electron chi connectivity index (χ0n) is 19.8. The van der Waals surface area contributed by atoms with Crippen LogP contribution < -0.4 is 5.32 Å². The van der Waals surface area contributed by atoms with E-state index in [0.29, 0.717) is 30.8 Å². The van der Waals surface area contributed by atoms with Crippen LogP contribution in [-0.2, 0) is 25.3 Å². The van der Waals surface area contributed by atoms with E-state index in [0.717, 1.165) is 27.9 Å². The van der Waals surface area contributed by atoms with Gasteiger partial charge >= 0.3 is 0 Å². The van der Waals surface area contributed by atoms with Crippen LogP contribution in [0.3, 0.4) is 0 Å². The number of aliphatic hydroxyl groups is 1. The molecule has 9 heteroatoms. The first-order valence-electron chi connectivity index (χ1n) is 11.6. The highest BCUT2D eigenvalue weighted by atomic mass is 16.5. The molecular formula is C26H28N6O3. The molecule has 4 aromatic rings. The molecule has 2 atom stereocenters. The Kier molecular flexibility index (Phi) is 6.43. The van der Waals surface area contributed by atoms with Crippen LogP contribution in [0.4, 0.5) is 0 Å². The van der Waals surface area contributed by atoms with Gasteiger partial charge in [0, 0.05) is 44.2 Å². The summed E-state index contributed by atoms with van der Waals surface area (Å²) in [6, 6.07) is 13.7. The Balaban J connectivity index is 1.41. The van der Waals surface area contributed by atoms with Gasteiger partial charge in [-0.05, 0) is 42.2 Å². The summed E-state index contributed by atoms with van der Waals surface area (Å²) in [4.78, 5) is 17.7. The molecule has 5 rings (SSSR count). The summed E-state index contributed by atoms with van der Waals surface area (Å²) < 4.78 is 8.76. The summed E-state index contributed by atoms with van der Waals surface area (Å²) in [5.74, 6) is -0.312. The Hall–Kier alpha value is -3.82. The number of benzene rings is 1. The minimum Gasteiger partial charge on any atom is -0.389 e. The van der Waals surface area contributed by atoms with Gasteiger partial charge in [-0.1, -0.05) is 24.3 Å². The number of ether oxygens (including phenoxy) is 1. The Morgan fingerprint density at radius 1 is 1.09 bits per heavy atom. The molecule has 1 saturated heterocycles. The van der Waals surface area contributed by atoms with Crippen molar-refractivity contribution in [2.24, 2.45) is 14.1 Å². The predicted octanol–water partition coefficient (Wildman–Crippen LogP) is 2.35. The first-order valence-corrected chi connectivity index (χ1v) is 11.6. The van der Waals surface area contributed by atoms with E-state index in [-0.39, 0.29) is 18.6 Å². The number of pyridine rings is 1. The molecular weight excluding hydrogens is 444 g/mol. The fourth-order valence-corrected chi connectivity index (χ4v) is 4.24. The Morgan fingerprint density at radius 3 is 2.60 bits per heavy atom. The second-order valence-corrected chi connectivity index (χ2v) is 8.91. The standard InChI is InChI=1S/C26H28N6O3/c1-31-9-7-21(30-31)19-5-3-17(4-6-19)11-18-12-23(20-14-27-32(2)15-20)28-24(13-18)26(34)29-22-8-10-35-16-25(22)33/h3-7,9,12-15,22,25,33H,8,10-11,16H2,1-2H3,(H,29,34)/t22-,25-/m0/s1. The van der Waals surface area contributed by atoms with Crippen molar-refractivity contribution < 1.29 is 14.6 Å². The molecule has 4 heterocycles. The number of nitrogens with zero attached hydrogens (tertiary/aromatic N) is 5. The van der Waals surface area contributed by atoms with Gasteiger partial charge in [-0.2, -0.15) is 10.2 Å². The second-order valence-electron chi connectivity index (χ2n) is 8.91. The molecule has 0 spiro atoms. The van der Waals surface area contributed by atoms with Crippen LogP contribution in [0.15, 0.2) is 61.1 Å². The van der Waals surface area contributed by atoms with E-state index in [4.69, 9.17) is 4.74 Å². The normalized spacial score (nSPS) is 17.9. The van der Waals surface area contributed by atoms with Crippen molar-refractivity contribution in [2.45, 2.75) is 25.0 Å². The predicted molar refractivity (Wildman–Crippen MR) is 131 cm³/mol. The van der Waals surface area contributed by atoms with Crippen molar-refractivity contribution in [1.29, 1.82) is 0 Å². The van der Waals surface area contributed by atoms with E-state index in [1.165, 1.54) is 0 Å². The molecule has 0 bridgehead atoms. The Labute approximate surface area is 203 Å². The summed E-state index contributed by atoms with van der Waals surface area (Å²) in [7, 11) is 3.74. The zero-order valence-corrected chi connectivity index (χ0v) is 19.8. The molecule has 1 aliphatic heterocycles. The largest absolute Gasteiger partial charge is 0.389 e. The molecule has 2 N–H and O–H groups in total. The lowest BCUT2D eigenvalue weighted by molar-refractivity contribution is -0.0261. The number of amides is 1. The van der Waals surface area contributed by atoms with Gasteiger partial charge in [0.2, 0.25) is 0 Å². The first kappa shape index (κ1) is 22.9. The topological polar surface area (TPSA) is 107 Å². The maximum Gasteiger partial charge on any atom is 0.270 e. The van der Waals surface area contributed by atoms with E-state index < -0.39 is 6.10 Å². The number of nitrogens with one attached hydrogen (secondary N) is 1. The molecule has 1 aromatic carbocycles. The molecule has 0 saturated carbocycles. The molecule has 1 aliphatic rings. The average Bonchev–Trinajstić information content (AvgIpc) is 3.49. The fourth-order valence-electron chi connectivity index (χ4n) is 4.24. The van der Waals surface area contributed by atoms with E-state index in [9.17, 15) is 9.90 Å². The van der Waals surface area contributed by atoms with Crippen LogP contribution in [0.1, 0.15) is 28.0 Å². The van der Waals surface area contributed by atoms with Gasteiger partial charge in [0.1, 0.15) is 5.69 Å². The summed E-state index contributed by atoms with van der Waals surface area (Å²) in [6.07, 6.45) is 6.00. The Bertz CT molecular complexity index is 1330. The summed E-state index contributed by atoms with van der Waals surface area (Å²) in [6.45, 7) is 0.721. The molecule has 1 fully saturated rings. The number of aryl methyl sites for hydroxylation is 2. The van der Waals surface area contributed by atoms with Crippen LogP contribution in [0.5, 0.6) is 0 Å². The molecule has 1 amide bonds. The molecule has 0 radical (unpaired) electrons. The quantitative estimate of drug-likeness (QED) is 0.446. The lowest BCUT2D eigenvalue weighted by Gasteiger charge is -2.28. The first-order chi connectivity index (χ1) is 16.9. The number of aromatic nitrogens is 5. The van der Waals surface area contributed by atoms with Gasteiger partial charge in [-0.3, -0.25) is 14.2 Å². The van der Waals surface area contributed by atoms with Crippen molar-refractivity contribution in [3.63, 3.8) is 0 Å². The highest BCUT2D eigenvalue weighted by Gasteiger charge is 2.26. The van der Waals surface area contributed by atoms with Crippen LogP contribution in [0.25, 0.3) is 22.5 Å². The van der Waals surface area contributed by atoms with E-state index >= 15 is 0 Å². The highest BCUT2D eigenvalue weighted by molar-refractivity contribution is 5.93. The molecule has 3 aromatic heterocycles. The fraction of sp³-hybridized carbons (Fsp3) is 0.308. The molecule has 180 valence electrons. The second kappa shape index (κ2) is 9.81. The number of carbonyl (C=O) groups excluding carboxylic acids is 1. The highest BCUT2D eigenvalue weighted by Crippen LogP contribution is 2.23. The SMILES string of the molecule is Cn1cc(-c2cc(Cc3ccc(-c4ccn(C)n4)cc3)cc(C(=O)N[C@H]3CCOC[C@@H]3O)n2)cn1. The van der Waals surface area contributed by atoms with E-state index in [1.807, 2.05) is 44.7 Å². The van der Waals surface area contributed by atoms with Crippen molar-refractivity contribution in [2.75, 3.05) is 13.2 Å². The molecule has 0 aliphatic carbocycles. The van der Waals surface area contributed by atoms with Crippen molar-refractivity contribution >= 4 is 5.91 Å². The maximum absolute atomic E-state index is 13.1. The lowest BCUT2D eigenvalue weighted by atomic mass is 10.0. The third-order valence-electron chi connectivity index (χ3n) is 6.13. The maximum atomic E-state index is 13.1. The number of rotatable bonds is 6. The number of hydrogen-bond donors (Lipinski definition) is 2. The third-order valence-corrected chi connectivity index (χ3v) is 6.13. The summed E-state index contributed by atoms with van der Waals surface area (Å²) in [5.41, 5.74) is 5.87. The molecule has 9 nitrogen and oxygen atoms in total. The smallest absolute Gasteiger partial charge is 0.270 e. The van der Waals surface area contributed by atoms with Crippen molar-refractivity contribution in [3.05, 3.63) is 77.9 Å². The van der Waals surface area contributed by atoms with Crippen LogP contribution in [0, 0.1) is 0 Å². The van der Waals surface area contributed by atoms with Gasteiger partial charge in [0.15, 0.2) is 0 Å². The van der Waals surface area contributed by atoms with Crippen molar-refractivity contribution in [1.82, 2.24) is 29.9 Å². The molecule has 0 unspecified atom stereocenters. The number of hydrogen-bond acceptors (Lipinski definition) is 6. The van der Waals surface area contributed by atoms with Crippen LogP contribution in [0.2, 0.25) is 0 Å². The summed E-state index contributed by atoms with van der Waals surface area (Å²) >= 11 is 0. The minimum atomic E-state index is -0.730.